The average Bonchev–Trinajstić information content (AvgIpc) is 2.00. The monoisotopic (exact) mass is 189 g/mol. The van der Waals surface area contributed by atoms with Crippen molar-refractivity contribution in [2.75, 3.05) is 33.9 Å². The van der Waals surface area contributed by atoms with Crippen LogP contribution in [0.5, 0.6) is 0 Å². The molecule has 5 nitrogen and oxygen atoms in total. The predicted octanol–water partition coefficient (Wildman–Crippen LogP) is -0.346. The highest BCUT2D eigenvalue weighted by atomic mass is 16.6. The second-order valence-corrected chi connectivity index (χ2v) is 2.80. The molecule has 0 saturated heterocycles. The van der Waals surface area contributed by atoms with Gasteiger partial charge in [-0.1, -0.05) is 0 Å². The lowest BCUT2D eigenvalue weighted by molar-refractivity contribution is -0.157. The number of esters is 2. The summed E-state index contributed by atoms with van der Waals surface area (Å²) in [4.78, 5) is 23.0. The van der Waals surface area contributed by atoms with Crippen molar-refractivity contribution in [2.45, 2.75) is 6.92 Å². The molecule has 0 unspecified atom stereocenters. The minimum Gasteiger partial charge on any atom is -0.462 e. The van der Waals surface area contributed by atoms with E-state index in [0.29, 0.717) is 13.2 Å². The Labute approximate surface area is 77.6 Å². The summed E-state index contributed by atoms with van der Waals surface area (Å²) >= 11 is 0. The lowest BCUT2D eigenvalue weighted by Gasteiger charge is -2.09. The van der Waals surface area contributed by atoms with Gasteiger partial charge in [0.05, 0.1) is 0 Å². The van der Waals surface area contributed by atoms with Gasteiger partial charge in [-0.2, -0.15) is 0 Å². The maximum atomic E-state index is 10.8. The van der Waals surface area contributed by atoms with Crippen LogP contribution < -0.4 is 0 Å². The molecule has 0 heterocycles. The summed E-state index contributed by atoms with van der Waals surface area (Å²) in [7, 11) is 3.75. The third kappa shape index (κ3) is 8.81. The lowest BCUT2D eigenvalue weighted by atomic mass is 10.6. The molecule has 5 heteroatoms. The van der Waals surface area contributed by atoms with Crippen molar-refractivity contribution in [1.82, 2.24) is 4.90 Å². The van der Waals surface area contributed by atoms with Crippen LogP contribution in [0.4, 0.5) is 0 Å². The largest absolute Gasteiger partial charge is 0.462 e. The molecule has 13 heavy (non-hydrogen) atoms. The Morgan fingerprint density at radius 1 is 1.23 bits per heavy atom. The Hall–Kier alpha value is -1.10. The van der Waals surface area contributed by atoms with Crippen molar-refractivity contribution in [3.63, 3.8) is 0 Å². The lowest BCUT2D eigenvalue weighted by Crippen LogP contribution is -2.22. The highest BCUT2D eigenvalue weighted by Gasteiger charge is 2.04. The molecule has 0 N–H and O–H groups in total. The van der Waals surface area contributed by atoms with E-state index in [2.05, 4.69) is 4.74 Å². The normalized spacial score (nSPS) is 9.85. The van der Waals surface area contributed by atoms with Gasteiger partial charge in [0, 0.05) is 13.5 Å². The topological polar surface area (TPSA) is 55.8 Å². The van der Waals surface area contributed by atoms with Crippen molar-refractivity contribution in [3.8, 4) is 0 Å². The van der Waals surface area contributed by atoms with Gasteiger partial charge in [0.1, 0.15) is 6.61 Å². The second kappa shape index (κ2) is 6.42. The van der Waals surface area contributed by atoms with Crippen molar-refractivity contribution >= 4 is 11.9 Å². The number of nitrogens with zero attached hydrogens (tertiary/aromatic N) is 1. The second-order valence-electron chi connectivity index (χ2n) is 2.80. The van der Waals surface area contributed by atoms with E-state index in [4.69, 9.17) is 4.74 Å². The third-order valence-electron chi connectivity index (χ3n) is 1.19. The first-order chi connectivity index (χ1) is 6.02. The van der Waals surface area contributed by atoms with Crippen molar-refractivity contribution in [1.29, 1.82) is 0 Å². The van der Waals surface area contributed by atoms with Crippen LogP contribution >= 0.6 is 0 Å². The summed E-state index contributed by atoms with van der Waals surface area (Å²) < 4.78 is 9.18. The van der Waals surface area contributed by atoms with Crippen LogP contribution in [0.3, 0.4) is 0 Å². The van der Waals surface area contributed by atoms with Gasteiger partial charge in [-0.25, -0.2) is 4.79 Å². The summed E-state index contributed by atoms with van der Waals surface area (Å²) in [5.41, 5.74) is 0. The smallest absolute Gasteiger partial charge is 0.344 e. The molecule has 0 aliphatic rings. The van der Waals surface area contributed by atoms with E-state index in [1.807, 2.05) is 19.0 Å². The van der Waals surface area contributed by atoms with Gasteiger partial charge >= 0.3 is 11.9 Å². The standard InChI is InChI=1S/C8H15NO4/c1-7(10)13-6-8(11)12-5-4-9(2)3/h4-6H2,1-3H3. The molecule has 0 bridgehead atoms. The number of carbonyl (C=O) groups is 2. The van der Waals surface area contributed by atoms with E-state index in [9.17, 15) is 9.59 Å². The molecule has 0 aliphatic heterocycles. The molecule has 0 saturated carbocycles. The van der Waals surface area contributed by atoms with Gasteiger partial charge in [0.2, 0.25) is 0 Å². The molecule has 76 valence electrons. The highest BCUT2D eigenvalue weighted by Crippen LogP contribution is 1.83. The molecular formula is C8H15NO4. The third-order valence-corrected chi connectivity index (χ3v) is 1.19. The van der Waals surface area contributed by atoms with Crippen LogP contribution in [0.15, 0.2) is 0 Å². The fraction of sp³-hybridized carbons (Fsp3) is 0.750. The summed E-state index contributed by atoms with van der Waals surface area (Å²) in [5, 5.41) is 0. The molecule has 0 aromatic rings. The number of hydrogen-bond donors (Lipinski definition) is 0. The predicted molar refractivity (Wildman–Crippen MR) is 46.1 cm³/mol. The van der Waals surface area contributed by atoms with Crippen LogP contribution in [0.1, 0.15) is 6.92 Å². The Kier molecular flexibility index (Phi) is 5.88. The minimum atomic E-state index is -0.517. The molecule has 0 aliphatic carbocycles. The number of likely N-dealkylation sites (N-methyl/N-ethyl adjacent to an activating group) is 1. The quantitative estimate of drug-likeness (QED) is 0.553. The van der Waals surface area contributed by atoms with Crippen LogP contribution in [0.2, 0.25) is 0 Å². The molecule has 0 amide bonds. The van der Waals surface area contributed by atoms with E-state index >= 15 is 0 Å². The molecule has 0 spiro atoms. The molecule has 0 atom stereocenters. The summed E-state index contributed by atoms with van der Waals surface area (Å²) in [6, 6.07) is 0. The summed E-state index contributed by atoms with van der Waals surface area (Å²) in [6.07, 6.45) is 0. The zero-order chi connectivity index (χ0) is 10.3. The van der Waals surface area contributed by atoms with E-state index in [0.717, 1.165) is 0 Å². The Balaban J connectivity index is 3.36. The van der Waals surface area contributed by atoms with Crippen molar-refractivity contribution in [3.05, 3.63) is 0 Å². The number of ether oxygens (including phenoxy) is 2. The molecule has 0 aromatic heterocycles. The number of hydrogen-bond acceptors (Lipinski definition) is 5. The van der Waals surface area contributed by atoms with Crippen molar-refractivity contribution in [2.24, 2.45) is 0 Å². The maximum Gasteiger partial charge on any atom is 0.344 e. The van der Waals surface area contributed by atoms with Crippen LogP contribution in [0.25, 0.3) is 0 Å². The van der Waals surface area contributed by atoms with E-state index in [1.165, 1.54) is 6.92 Å². The van der Waals surface area contributed by atoms with Crippen LogP contribution in [-0.4, -0.2) is 50.7 Å². The van der Waals surface area contributed by atoms with E-state index in [1.54, 1.807) is 0 Å². The fourth-order valence-electron chi connectivity index (χ4n) is 0.544. The highest BCUT2D eigenvalue weighted by molar-refractivity contribution is 5.75. The first-order valence-electron chi connectivity index (χ1n) is 3.96. The van der Waals surface area contributed by atoms with Gasteiger partial charge in [0.15, 0.2) is 6.61 Å². The minimum absolute atomic E-state index is 0.303. The maximum absolute atomic E-state index is 10.8. The molecular weight excluding hydrogens is 174 g/mol. The summed E-state index contributed by atoms with van der Waals surface area (Å²) in [5.74, 6) is -0.999. The zero-order valence-corrected chi connectivity index (χ0v) is 8.20. The molecule has 0 rings (SSSR count). The molecule has 0 fully saturated rings. The Bertz CT molecular complexity index is 179. The molecule has 0 radical (unpaired) electrons. The zero-order valence-electron chi connectivity index (χ0n) is 8.20. The first-order valence-corrected chi connectivity index (χ1v) is 3.96. The SMILES string of the molecule is CC(=O)OCC(=O)OCCN(C)C. The van der Waals surface area contributed by atoms with Gasteiger partial charge in [-0.3, -0.25) is 4.79 Å². The van der Waals surface area contributed by atoms with Gasteiger partial charge in [-0.15, -0.1) is 0 Å². The van der Waals surface area contributed by atoms with E-state index < -0.39 is 11.9 Å². The Morgan fingerprint density at radius 2 is 1.85 bits per heavy atom. The van der Waals surface area contributed by atoms with E-state index in [-0.39, 0.29) is 6.61 Å². The Morgan fingerprint density at radius 3 is 2.31 bits per heavy atom. The van der Waals surface area contributed by atoms with Crippen LogP contribution in [-0.2, 0) is 19.1 Å². The number of carbonyl (C=O) groups excluding carboxylic acids is 2. The summed E-state index contributed by atoms with van der Waals surface area (Å²) in [6.45, 7) is 1.91. The fourth-order valence-corrected chi connectivity index (χ4v) is 0.544. The first kappa shape index (κ1) is 11.9. The van der Waals surface area contributed by atoms with Gasteiger partial charge < -0.3 is 14.4 Å². The van der Waals surface area contributed by atoms with Gasteiger partial charge in [0.25, 0.3) is 0 Å². The van der Waals surface area contributed by atoms with Crippen molar-refractivity contribution < 1.29 is 19.1 Å². The average molecular weight is 189 g/mol. The van der Waals surface area contributed by atoms with Crippen LogP contribution in [0, 0.1) is 0 Å². The van der Waals surface area contributed by atoms with Gasteiger partial charge in [-0.05, 0) is 14.1 Å². The number of rotatable bonds is 5. The molecule has 0 aromatic carbocycles.